The van der Waals surface area contributed by atoms with Gasteiger partial charge in [0, 0.05) is 36.7 Å². The third-order valence-corrected chi connectivity index (χ3v) is 7.58. The lowest BCUT2D eigenvalue weighted by molar-refractivity contribution is -0.123. The van der Waals surface area contributed by atoms with E-state index in [9.17, 15) is 14.4 Å². The Bertz CT molecular complexity index is 1130. The maximum Gasteiger partial charge on any atom is 0.170 e. The molecule has 176 valence electrons. The van der Waals surface area contributed by atoms with Crippen LogP contribution >= 0.6 is 0 Å². The second-order valence-electron chi connectivity index (χ2n) is 10.2. The summed E-state index contributed by atoms with van der Waals surface area (Å²) in [4.78, 5) is 39.0. The zero-order valence-electron chi connectivity index (χ0n) is 20.3. The molecule has 0 spiro atoms. The zero-order chi connectivity index (χ0) is 24.2. The Balaban J connectivity index is 1.50. The van der Waals surface area contributed by atoms with Gasteiger partial charge in [0.15, 0.2) is 11.6 Å². The summed E-state index contributed by atoms with van der Waals surface area (Å²) in [5.41, 5.74) is 7.35. The quantitative estimate of drug-likeness (QED) is 0.216. The first-order valence-corrected chi connectivity index (χ1v) is 12.6. The first-order valence-electron chi connectivity index (χ1n) is 12.6. The second kappa shape index (κ2) is 10.5. The summed E-state index contributed by atoms with van der Waals surface area (Å²) in [6.45, 7) is 6.03. The van der Waals surface area contributed by atoms with E-state index in [0.29, 0.717) is 44.3 Å². The highest BCUT2D eigenvalue weighted by Crippen LogP contribution is 2.48. The van der Waals surface area contributed by atoms with E-state index in [1.807, 2.05) is 25.2 Å². The van der Waals surface area contributed by atoms with Crippen LogP contribution in [-0.4, -0.2) is 17.3 Å². The van der Waals surface area contributed by atoms with Gasteiger partial charge in [-0.25, -0.2) is 0 Å². The van der Waals surface area contributed by atoms with E-state index < -0.39 is 0 Å². The van der Waals surface area contributed by atoms with Crippen LogP contribution in [0, 0.1) is 24.2 Å². The van der Waals surface area contributed by atoms with Crippen LogP contribution in [0.4, 0.5) is 0 Å². The number of rotatable bonds is 10. The van der Waals surface area contributed by atoms with Gasteiger partial charge in [0.05, 0.1) is 0 Å². The van der Waals surface area contributed by atoms with E-state index in [1.54, 1.807) is 0 Å². The van der Waals surface area contributed by atoms with Crippen LogP contribution in [0.25, 0.3) is 0 Å². The molecule has 4 rings (SSSR count). The van der Waals surface area contributed by atoms with Crippen molar-refractivity contribution in [2.24, 2.45) is 11.8 Å². The molecule has 0 aromatic rings. The van der Waals surface area contributed by atoms with Crippen molar-refractivity contribution in [2.75, 3.05) is 0 Å². The number of carbonyl (C=O) groups excluding carboxylic acids is 3. The van der Waals surface area contributed by atoms with Crippen LogP contribution in [0.3, 0.4) is 0 Å². The molecule has 2 atom stereocenters. The number of unbranched alkanes of at least 4 members (excludes halogenated alkanes) is 1. The molecule has 4 aliphatic carbocycles. The van der Waals surface area contributed by atoms with E-state index in [1.165, 1.54) is 11.1 Å². The first kappa shape index (κ1) is 24.1. The molecule has 0 saturated carbocycles. The summed E-state index contributed by atoms with van der Waals surface area (Å²) >= 11 is 0. The largest absolute Gasteiger partial charge is 0.299 e. The third-order valence-electron chi connectivity index (χ3n) is 7.58. The van der Waals surface area contributed by atoms with Crippen LogP contribution in [0.2, 0.25) is 0 Å². The minimum atomic E-state index is -0.227. The average Bonchev–Trinajstić information content (AvgIpc) is 3.47. The molecule has 0 aromatic heterocycles. The maximum absolute atomic E-state index is 13.7. The monoisotopic (exact) mass is 454 g/mol. The Morgan fingerprint density at radius 2 is 2.09 bits per heavy atom. The van der Waals surface area contributed by atoms with Gasteiger partial charge in [-0.15, -0.1) is 18.9 Å². The lowest BCUT2D eigenvalue weighted by atomic mass is 9.75. The molecule has 0 heterocycles. The Hall–Kier alpha value is -2.99. The van der Waals surface area contributed by atoms with Crippen molar-refractivity contribution in [3.63, 3.8) is 0 Å². The number of carbonyl (C=O) groups is 3. The van der Waals surface area contributed by atoms with E-state index in [4.69, 9.17) is 6.42 Å². The highest BCUT2D eigenvalue weighted by atomic mass is 16.1. The number of Topliss-reactive ketones (excluding diaryl/α,β-unsaturated/α-hetero) is 3. The fourth-order valence-corrected chi connectivity index (χ4v) is 5.84. The van der Waals surface area contributed by atoms with Gasteiger partial charge in [-0.05, 0) is 75.0 Å². The van der Waals surface area contributed by atoms with Gasteiger partial charge in [0.1, 0.15) is 5.78 Å². The number of terminal acetylenes is 1. The fourth-order valence-electron chi connectivity index (χ4n) is 5.84. The molecule has 4 aliphatic rings. The van der Waals surface area contributed by atoms with E-state index >= 15 is 0 Å². The summed E-state index contributed by atoms with van der Waals surface area (Å²) in [5.74, 6) is 3.10. The van der Waals surface area contributed by atoms with Crippen molar-refractivity contribution < 1.29 is 14.4 Å². The lowest BCUT2D eigenvalue weighted by Crippen LogP contribution is -2.25. The van der Waals surface area contributed by atoms with Crippen LogP contribution < -0.4 is 0 Å². The van der Waals surface area contributed by atoms with Gasteiger partial charge in [0.2, 0.25) is 0 Å². The van der Waals surface area contributed by atoms with Crippen molar-refractivity contribution in [3.05, 3.63) is 69.9 Å². The predicted octanol–water partition coefficient (Wildman–Crippen LogP) is 6.48. The number of ketones is 3. The molecule has 0 radical (unpaired) electrons. The topological polar surface area (TPSA) is 51.2 Å². The summed E-state index contributed by atoms with van der Waals surface area (Å²) in [7, 11) is 0. The number of hydrogen-bond donors (Lipinski definition) is 0. The smallest absolute Gasteiger partial charge is 0.170 e. The summed E-state index contributed by atoms with van der Waals surface area (Å²) in [6, 6.07) is 0. The lowest BCUT2D eigenvalue weighted by Gasteiger charge is -2.27. The zero-order valence-corrected chi connectivity index (χ0v) is 20.3. The van der Waals surface area contributed by atoms with E-state index in [-0.39, 0.29) is 23.4 Å². The van der Waals surface area contributed by atoms with Gasteiger partial charge >= 0.3 is 0 Å². The highest BCUT2D eigenvalue weighted by molar-refractivity contribution is 6.07. The average molecular weight is 455 g/mol. The molecular formula is C31H34O3. The SMILES string of the molecule is C#CCCCC(=O)C1CCC2=C(CC3=C2C(=O)C(CC(=C)C)C(CCC(=O)C2=CC=CC2)=C3)C1. The molecule has 3 nitrogen and oxygen atoms in total. The van der Waals surface area contributed by atoms with Gasteiger partial charge in [-0.3, -0.25) is 14.4 Å². The normalized spacial score (nSPS) is 23.4. The van der Waals surface area contributed by atoms with Crippen LogP contribution in [0.5, 0.6) is 0 Å². The van der Waals surface area contributed by atoms with Gasteiger partial charge in [-0.1, -0.05) is 41.0 Å². The first-order chi connectivity index (χ1) is 16.4. The van der Waals surface area contributed by atoms with Crippen LogP contribution in [0.15, 0.2) is 69.9 Å². The highest BCUT2D eigenvalue weighted by Gasteiger charge is 2.39. The van der Waals surface area contributed by atoms with Crippen molar-refractivity contribution in [2.45, 2.75) is 77.6 Å². The summed E-state index contributed by atoms with van der Waals surface area (Å²) < 4.78 is 0. The maximum atomic E-state index is 13.7. The Labute approximate surface area is 203 Å². The molecule has 34 heavy (non-hydrogen) atoms. The number of fused-ring (bicyclic) bond motifs is 1. The van der Waals surface area contributed by atoms with E-state index in [2.05, 4.69) is 18.6 Å². The standard InChI is InChI=1S/C31H34O3/c1-4-5-6-11-28(32)23-12-14-26-24(18-23)19-25-17-22(13-15-29(33)21-9-7-8-10-21)27(16-20(2)3)31(34)30(25)26/h1,7-9,17,23,27H,2,5-6,10-16,18-19H2,3H3. The minimum absolute atomic E-state index is 0.0496. The van der Waals surface area contributed by atoms with Crippen molar-refractivity contribution in [3.8, 4) is 12.3 Å². The number of hydrogen-bond acceptors (Lipinski definition) is 3. The molecular weight excluding hydrogens is 420 g/mol. The fraction of sp³-hybridized carbons (Fsp3) is 0.452. The Kier molecular flexibility index (Phi) is 7.47. The minimum Gasteiger partial charge on any atom is -0.299 e. The molecule has 0 aliphatic heterocycles. The molecule has 0 aromatic carbocycles. The molecule has 0 N–H and O–H groups in total. The molecule has 0 amide bonds. The molecule has 3 heteroatoms. The van der Waals surface area contributed by atoms with Crippen LogP contribution in [0.1, 0.15) is 77.6 Å². The Morgan fingerprint density at radius 1 is 1.26 bits per heavy atom. The van der Waals surface area contributed by atoms with E-state index in [0.717, 1.165) is 60.0 Å². The predicted molar refractivity (Wildman–Crippen MR) is 136 cm³/mol. The van der Waals surface area contributed by atoms with Crippen molar-refractivity contribution in [1.82, 2.24) is 0 Å². The summed E-state index contributed by atoms with van der Waals surface area (Å²) in [6.07, 6.45) is 20.8. The Morgan fingerprint density at radius 3 is 2.79 bits per heavy atom. The van der Waals surface area contributed by atoms with Crippen LogP contribution in [-0.2, 0) is 14.4 Å². The van der Waals surface area contributed by atoms with Gasteiger partial charge < -0.3 is 0 Å². The third kappa shape index (κ3) is 5.07. The number of allylic oxidation sites excluding steroid dienone is 11. The molecule has 2 unspecified atom stereocenters. The summed E-state index contributed by atoms with van der Waals surface area (Å²) in [5, 5.41) is 0. The molecule has 0 bridgehead atoms. The van der Waals surface area contributed by atoms with Crippen molar-refractivity contribution in [1.29, 1.82) is 0 Å². The molecule has 0 saturated heterocycles. The van der Waals surface area contributed by atoms with Gasteiger partial charge in [0.25, 0.3) is 0 Å². The molecule has 0 fully saturated rings. The second-order valence-corrected chi connectivity index (χ2v) is 10.2. The van der Waals surface area contributed by atoms with Crippen molar-refractivity contribution >= 4 is 17.3 Å². The van der Waals surface area contributed by atoms with Gasteiger partial charge in [-0.2, -0.15) is 0 Å².